The molecule has 8 heteroatoms. The van der Waals surface area contributed by atoms with Crippen molar-refractivity contribution in [2.24, 2.45) is 10.9 Å². The van der Waals surface area contributed by atoms with Crippen LogP contribution in [0, 0.1) is 9.49 Å². The van der Waals surface area contributed by atoms with Crippen LogP contribution < -0.4 is 15.0 Å². The van der Waals surface area contributed by atoms with Crippen LogP contribution in [0.3, 0.4) is 0 Å². The van der Waals surface area contributed by atoms with Crippen molar-refractivity contribution in [2.45, 2.75) is 0 Å². The fraction of sp³-hybridized carbons (Fsp3) is 0.111. The Morgan fingerprint density at radius 2 is 1.88 bits per heavy atom. The number of methoxy groups -OCH3 is 1. The zero-order valence-corrected chi connectivity index (χ0v) is 15.8. The molecule has 0 radical (unpaired) electrons. The minimum Gasteiger partial charge on any atom is -0.497 e. The van der Waals surface area contributed by atoms with E-state index in [0.29, 0.717) is 17.1 Å². The number of carbonyl (C=O) groups is 3. The van der Waals surface area contributed by atoms with Gasteiger partial charge in [0.2, 0.25) is 5.91 Å². The third-order valence-corrected chi connectivity index (χ3v) is 4.43. The second-order valence-corrected chi connectivity index (χ2v) is 6.65. The summed E-state index contributed by atoms with van der Waals surface area (Å²) >= 11 is 2.17. The number of imide groups is 2. The average molecular weight is 463 g/mol. The molecule has 0 saturated carbocycles. The van der Waals surface area contributed by atoms with Gasteiger partial charge in [0.25, 0.3) is 5.91 Å². The molecule has 2 aromatic rings. The number of benzene rings is 2. The Balaban J connectivity index is 1.88. The smallest absolute Gasteiger partial charge is 0.335 e. The van der Waals surface area contributed by atoms with E-state index in [1.807, 2.05) is 12.1 Å². The van der Waals surface area contributed by atoms with Crippen LogP contribution in [-0.2, 0) is 9.59 Å². The number of nitrogens with one attached hydrogen (secondary N) is 1. The zero-order valence-electron chi connectivity index (χ0n) is 13.7. The van der Waals surface area contributed by atoms with Crippen molar-refractivity contribution < 1.29 is 19.1 Å². The number of hydrogen-bond donors (Lipinski definition) is 1. The second kappa shape index (κ2) is 7.65. The number of hydrogen-bond acceptors (Lipinski definition) is 5. The van der Waals surface area contributed by atoms with Gasteiger partial charge in [0.05, 0.1) is 18.5 Å². The van der Waals surface area contributed by atoms with Gasteiger partial charge in [0.15, 0.2) is 5.92 Å². The van der Waals surface area contributed by atoms with Gasteiger partial charge in [-0.2, -0.15) is 0 Å². The highest BCUT2D eigenvalue weighted by molar-refractivity contribution is 14.1. The number of barbiturate groups is 1. The maximum absolute atomic E-state index is 12.7. The molecule has 26 heavy (non-hydrogen) atoms. The van der Waals surface area contributed by atoms with Crippen LogP contribution in [0.25, 0.3) is 0 Å². The average Bonchev–Trinajstić information content (AvgIpc) is 2.63. The molecule has 132 valence electrons. The Labute approximate surface area is 163 Å². The first-order valence-corrected chi connectivity index (χ1v) is 8.70. The highest BCUT2D eigenvalue weighted by Crippen LogP contribution is 2.25. The topological polar surface area (TPSA) is 88.1 Å². The predicted molar refractivity (Wildman–Crippen MR) is 105 cm³/mol. The van der Waals surface area contributed by atoms with Crippen LogP contribution >= 0.6 is 22.6 Å². The van der Waals surface area contributed by atoms with Crippen molar-refractivity contribution in [1.29, 1.82) is 0 Å². The Morgan fingerprint density at radius 3 is 2.58 bits per heavy atom. The summed E-state index contributed by atoms with van der Waals surface area (Å²) in [7, 11) is 1.48. The minimum absolute atomic E-state index is 0.312. The van der Waals surface area contributed by atoms with E-state index >= 15 is 0 Å². The fourth-order valence-corrected chi connectivity index (χ4v) is 2.76. The van der Waals surface area contributed by atoms with Gasteiger partial charge in [0.1, 0.15) is 5.75 Å². The molecule has 2 aromatic carbocycles. The van der Waals surface area contributed by atoms with Crippen LogP contribution in [-0.4, -0.2) is 31.2 Å². The Morgan fingerprint density at radius 1 is 1.15 bits per heavy atom. The fourth-order valence-electron chi connectivity index (χ4n) is 2.40. The summed E-state index contributed by atoms with van der Waals surface area (Å²) in [5.74, 6) is -2.07. The van der Waals surface area contributed by atoms with Crippen molar-refractivity contribution in [3.63, 3.8) is 0 Å². The third kappa shape index (κ3) is 3.74. The van der Waals surface area contributed by atoms with Crippen molar-refractivity contribution >= 4 is 58.0 Å². The lowest BCUT2D eigenvalue weighted by Crippen LogP contribution is -2.58. The molecule has 0 aromatic heterocycles. The quantitative estimate of drug-likeness (QED) is 0.429. The molecule has 1 aliphatic heterocycles. The molecule has 1 heterocycles. The van der Waals surface area contributed by atoms with Crippen LogP contribution in [0.2, 0.25) is 0 Å². The van der Waals surface area contributed by atoms with E-state index in [1.54, 1.807) is 36.4 Å². The first kappa shape index (κ1) is 18.1. The van der Waals surface area contributed by atoms with Crippen molar-refractivity contribution in [2.75, 3.05) is 12.0 Å². The van der Waals surface area contributed by atoms with Gasteiger partial charge in [-0.25, -0.2) is 9.69 Å². The normalized spacial score (nSPS) is 17.5. The predicted octanol–water partition coefficient (Wildman–Crippen LogP) is 2.90. The maximum atomic E-state index is 12.7. The van der Waals surface area contributed by atoms with Crippen LogP contribution in [0.5, 0.6) is 5.75 Å². The number of halogens is 1. The summed E-state index contributed by atoms with van der Waals surface area (Å²) < 4.78 is 6.16. The number of ether oxygens (including phenoxy) is 1. The molecular weight excluding hydrogens is 449 g/mol. The molecule has 0 spiro atoms. The Bertz CT molecular complexity index is 896. The van der Waals surface area contributed by atoms with Gasteiger partial charge in [0, 0.05) is 15.9 Å². The molecular formula is C18H14IN3O4. The van der Waals surface area contributed by atoms with E-state index < -0.39 is 23.8 Å². The lowest BCUT2D eigenvalue weighted by Gasteiger charge is -2.28. The van der Waals surface area contributed by atoms with Gasteiger partial charge in [-0.3, -0.25) is 19.9 Å². The molecule has 0 unspecified atom stereocenters. The van der Waals surface area contributed by atoms with E-state index in [0.717, 1.165) is 8.47 Å². The van der Waals surface area contributed by atoms with E-state index in [2.05, 4.69) is 32.9 Å². The first-order chi connectivity index (χ1) is 12.5. The summed E-state index contributed by atoms with van der Waals surface area (Å²) in [6.45, 7) is 0. The summed E-state index contributed by atoms with van der Waals surface area (Å²) in [6.07, 6.45) is 1.25. The SMILES string of the molecule is COc1cccc(N2C(=O)NC(=O)[C@@H](C=Nc3ccc(I)cc3)C2=O)c1. The van der Waals surface area contributed by atoms with Gasteiger partial charge >= 0.3 is 6.03 Å². The van der Waals surface area contributed by atoms with Gasteiger partial charge in [-0.15, -0.1) is 0 Å². The van der Waals surface area contributed by atoms with Gasteiger partial charge < -0.3 is 4.74 Å². The third-order valence-electron chi connectivity index (χ3n) is 3.71. The molecule has 1 N–H and O–H groups in total. The van der Waals surface area contributed by atoms with Crippen LogP contribution in [0.4, 0.5) is 16.2 Å². The van der Waals surface area contributed by atoms with E-state index in [9.17, 15) is 14.4 Å². The highest BCUT2D eigenvalue weighted by atomic mass is 127. The number of carbonyl (C=O) groups excluding carboxylic acids is 3. The van der Waals surface area contributed by atoms with Crippen molar-refractivity contribution in [3.05, 3.63) is 52.1 Å². The number of aliphatic imine (C=N–C) groups is 1. The molecule has 1 fully saturated rings. The maximum Gasteiger partial charge on any atom is 0.335 e. The van der Waals surface area contributed by atoms with E-state index in [-0.39, 0.29) is 0 Å². The molecule has 1 aliphatic rings. The molecule has 3 rings (SSSR count). The number of anilines is 1. The largest absolute Gasteiger partial charge is 0.497 e. The molecule has 0 aliphatic carbocycles. The lowest BCUT2D eigenvalue weighted by molar-refractivity contribution is -0.131. The summed E-state index contributed by atoms with van der Waals surface area (Å²) in [5, 5.41) is 2.19. The number of amides is 4. The molecule has 7 nitrogen and oxygen atoms in total. The van der Waals surface area contributed by atoms with Crippen LogP contribution in [0.15, 0.2) is 53.5 Å². The highest BCUT2D eigenvalue weighted by Gasteiger charge is 2.40. The van der Waals surface area contributed by atoms with E-state index in [4.69, 9.17) is 4.74 Å². The second-order valence-electron chi connectivity index (χ2n) is 5.40. The standard InChI is InChI=1S/C18H14IN3O4/c1-26-14-4-2-3-13(9-14)22-17(24)15(16(23)21-18(22)25)10-20-12-7-5-11(19)6-8-12/h2-10,15H,1H3,(H,21,23,25)/t15-/m1/s1. The summed E-state index contributed by atoms with van der Waals surface area (Å²) in [4.78, 5) is 42.1. The molecule has 1 saturated heterocycles. The van der Waals surface area contributed by atoms with Crippen LogP contribution in [0.1, 0.15) is 0 Å². The number of rotatable bonds is 4. The number of nitrogens with zero attached hydrogens (tertiary/aromatic N) is 2. The minimum atomic E-state index is -1.20. The van der Waals surface area contributed by atoms with Crippen molar-refractivity contribution in [1.82, 2.24) is 5.32 Å². The summed E-state index contributed by atoms with van der Waals surface area (Å²) in [5.41, 5.74) is 0.919. The van der Waals surface area contributed by atoms with Gasteiger partial charge in [-0.05, 0) is 59.0 Å². The van der Waals surface area contributed by atoms with E-state index in [1.165, 1.54) is 13.3 Å². The lowest BCUT2D eigenvalue weighted by atomic mass is 10.1. The molecule has 4 amide bonds. The first-order valence-electron chi connectivity index (χ1n) is 7.62. The summed E-state index contributed by atoms with van der Waals surface area (Å²) in [6, 6.07) is 12.9. The molecule has 0 bridgehead atoms. The monoisotopic (exact) mass is 463 g/mol. The molecule has 1 atom stereocenters. The number of urea groups is 1. The van der Waals surface area contributed by atoms with Gasteiger partial charge in [-0.1, -0.05) is 6.07 Å². The van der Waals surface area contributed by atoms with Crippen molar-refractivity contribution in [3.8, 4) is 5.75 Å². The Kier molecular flexibility index (Phi) is 5.31. The zero-order chi connectivity index (χ0) is 18.7. The Hall–Kier alpha value is -2.75.